The molecule has 0 aliphatic rings. The molecule has 0 heterocycles. The first kappa shape index (κ1) is 24.0. The Labute approximate surface area is 210 Å². The van der Waals surface area contributed by atoms with Gasteiger partial charge in [-0.3, -0.25) is 4.79 Å². The van der Waals surface area contributed by atoms with Crippen molar-refractivity contribution in [2.75, 3.05) is 0 Å². The third kappa shape index (κ3) is 7.19. The maximum absolute atomic E-state index is 12.3. The SMILES string of the molecule is C[C@H](Oc1ccc(-c2ccccc2)cc1)C(=O)N/N=C\c1ccc(OCc2ccc(Cl)cc2)cc1. The minimum atomic E-state index is -0.696. The number of halogens is 1. The van der Waals surface area contributed by atoms with Gasteiger partial charge in [-0.05, 0) is 77.7 Å². The molecule has 6 heteroatoms. The zero-order valence-corrected chi connectivity index (χ0v) is 20.0. The van der Waals surface area contributed by atoms with Gasteiger partial charge in [-0.1, -0.05) is 66.2 Å². The van der Waals surface area contributed by atoms with E-state index in [0.717, 1.165) is 28.0 Å². The van der Waals surface area contributed by atoms with E-state index >= 15 is 0 Å². The lowest BCUT2D eigenvalue weighted by Crippen LogP contribution is -2.33. The maximum Gasteiger partial charge on any atom is 0.280 e. The van der Waals surface area contributed by atoms with Crippen LogP contribution in [-0.4, -0.2) is 18.2 Å². The summed E-state index contributed by atoms with van der Waals surface area (Å²) in [6.07, 6.45) is 0.876. The monoisotopic (exact) mass is 484 g/mol. The lowest BCUT2D eigenvalue weighted by Gasteiger charge is -2.13. The van der Waals surface area contributed by atoms with Crippen molar-refractivity contribution in [1.29, 1.82) is 0 Å². The van der Waals surface area contributed by atoms with E-state index < -0.39 is 6.10 Å². The number of nitrogens with zero attached hydrogens (tertiary/aromatic N) is 1. The molecule has 176 valence electrons. The number of hydrogen-bond acceptors (Lipinski definition) is 4. The third-order valence-electron chi connectivity index (χ3n) is 5.23. The van der Waals surface area contributed by atoms with Crippen LogP contribution in [0.4, 0.5) is 0 Å². The van der Waals surface area contributed by atoms with E-state index in [0.29, 0.717) is 17.4 Å². The molecule has 1 N–H and O–H groups in total. The highest BCUT2D eigenvalue weighted by Gasteiger charge is 2.14. The summed E-state index contributed by atoms with van der Waals surface area (Å²) in [5.41, 5.74) is 6.59. The fourth-order valence-corrected chi connectivity index (χ4v) is 3.40. The Morgan fingerprint density at radius 2 is 1.49 bits per heavy atom. The van der Waals surface area contributed by atoms with E-state index in [4.69, 9.17) is 21.1 Å². The summed E-state index contributed by atoms with van der Waals surface area (Å²) in [6.45, 7) is 2.14. The van der Waals surface area contributed by atoms with Crippen LogP contribution in [0.5, 0.6) is 11.5 Å². The Bertz CT molecular complexity index is 1260. The topological polar surface area (TPSA) is 59.9 Å². The molecular formula is C29H25ClN2O3. The standard InChI is InChI=1S/C29H25ClN2O3/c1-21(35-28-17-11-25(12-18-28)24-5-3-2-4-6-24)29(33)32-31-19-22-9-15-27(16-10-22)34-20-23-7-13-26(30)14-8-23/h2-19,21H,20H2,1H3,(H,32,33)/b31-19-/t21-/m0/s1. The predicted octanol–water partition coefficient (Wildman–Crippen LogP) is 6.50. The first-order valence-corrected chi connectivity index (χ1v) is 11.6. The molecule has 35 heavy (non-hydrogen) atoms. The molecule has 0 aliphatic carbocycles. The van der Waals surface area contributed by atoms with Crippen LogP contribution in [0.2, 0.25) is 5.02 Å². The molecule has 0 saturated heterocycles. The molecular weight excluding hydrogens is 460 g/mol. The van der Waals surface area contributed by atoms with Gasteiger partial charge in [0.05, 0.1) is 6.21 Å². The minimum absolute atomic E-state index is 0.337. The largest absolute Gasteiger partial charge is 0.489 e. The first-order chi connectivity index (χ1) is 17.1. The van der Waals surface area contributed by atoms with Crippen LogP contribution in [0, 0.1) is 0 Å². The summed E-state index contributed by atoms with van der Waals surface area (Å²) in [5, 5.41) is 4.73. The highest BCUT2D eigenvalue weighted by molar-refractivity contribution is 6.30. The van der Waals surface area contributed by atoms with Crippen molar-refractivity contribution in [2.24, 2.45) is 5.10 Å². The van der Waals surface area contributed by atoms with Crippen molar-refractivity contribution in [3.05, 3.63) is 119 Å². The first-order valence-electron chi connectivity index (χ1n) is 11.2. The van der Waals surface area contributed by atoms with Gasteiger partial charge >= 0.3 is 0 Å². The van der Waals surface area contributed by atoms with Gasteiger partial charge in [0.25, 0.3) is 5.91 Å². The van der Waals surface area contributed by atoms with E-state index in [9.17, 15) is 4.79 Å². The second-order valence-electron chi connectivity index (χ2n) is 7.87. The normalized spacial score (nSPS) is 11.7. The van der Waals surface area contributed by atoms with E-state index in [1.54, 1.807) is 13.1 Å². The van der Waals surface area contributed by atoms with Gasteiger partial charge in [0, 0.05) is 5.02 Å². The van der Waals surface area contributed by atoms with Crippen LogP contribution in [0.1, 0.15) is 18.1 Å². The van der Waals surface area contributed by atoms with Gasteiger partial charge in [0.1, 0.15) is 18.1 Å². The van der Waals surface area contributed by atoms with Gasteiger partial charge in [0.15, 0.2) is 6.10 Å². The maximum atomic E-state index is 12.3. The highest BCUT2D eigenvalue weighted by Crippen LogP contribution is 2.22. The molecule has 4 aromatic rings. The van der Waals surface area contributed by atoms with Crippen molar-refractivity contribution in [1.82, 2.24) is 5.43 Å². The number of ether oxygens (including phenoxy) is 2. The number of hydrazone groups is 1. The smallest absolute Gasteiger partial charge is 0.280 e. The Hall–Kier alpha value is -4.09. The average Bonchev–Trinajstić information content (AvgIpc) is 2.90. The number of carbonyl (C=O) groups excluding carboxylic acids is 1. The summed E-state index contributed by atoms with van der Waals surface area (Å²) in [6, 6.07) is 32.7. The van der Waals surface area contributed by atoms with Crippen LogP contribution in [0.25, 0.3) is 11.1 Å². The minimum Gasteiger partial charge on any atom is -0.489 e. The van der Waals surface area contributed by atoms with Crippen LogP contribution in [0.15, 0.2) is 108 Å². The number of nitrogens with one attached hydrogen (secondary N) is 1. The lowest BCUT2D eigenvalue weighted by molar-refractivity contribution is -0.127. The van der Waals surface area contributed by atoms with E-state index in [1.165, 1.54) is 0 Å². The molecule has 0 spiro atoms. The molecule has 1 amide bonds. The molecule has 0 aromatic heterocycles. The van der Waals surface area contributed by atoms with Crippen LogP contribution >= 0.6 is 11.6 Å². The predicted molar refractivity (Wildman–Crippen MR) is 140 cm³/mol. The van der Waals surface area contributed by atoms with Crippen molar-refractivity contribution in [3.8, 4) is 22.6 Å². The summed E-state index contributed by atoms with van der Waals surface area (Å²) in [4.78, 5) is 12.3. The number of amides is 1. The molecule has 1 atom stereocenters. The molecule has 4 rings (SSSR count). The van der Waals surface area contributed by atoms with Gasteiger partial charge in [-0.25, -0.2) is 5.43 Å². The highest BCUT2D eigenvalue weighted by atomic mass is 35.5. The molecule has 5 nitrogen and oxygen atoms in total. The summed E-state index contributed by atoms with van der Waals surface area (Å²) >= 11 is 5.90. The molecule has 4 aromatic carbocycles. The fourth-order valence-electron chi connectivity index (χ4n) is 3.27. The Morgan fingerprint density at radius 3 is 2.17 bits per heavy atom. The van der Waals surface area contributed by atoms with Crippen molar-refractivity contribution < 1.29 is 14.3 Å². The Morgan fingerprint density at radius 1 is 0.857 bits per heavy atom. The number of rotatable bonds is 9. The third-order valence-corrected chi connectivity index (χ3v) is 5.48. The lowest BCUT2D eigenvalue weighted by atomic mass is 10.1. The van der Waals surface area contributed by atoms with Crippen LogP contribution in [0.3, 0.4) is 0 Å². The summed E-state index contributed by atoms with van der Waals surface area (Å²) in [5.74, 6) is 1.02. The molecule has 0 aliphatic heterocycles. The second-order valence-corrected chi connectivity index (χ2v) is 8.31. The Balaban J connectivity index is 1.23. The zero-order valence-electron chi connectivity index (χ0n) is 19.2. The van der Waals surface area contributed by atoms with E-state index in [2.05, 4.69) is 10.5 Å². The molecule has 0 unspecified atom stereocenters. The quantitative estimate of drug-likeness (QED) is 0.218. The summed E-state index contributed by atoms with van der Waals surface area (Å²) < 4.78 is 11.5. The van der Waals surface area contributed by atoms with Gasteiger partial charge in [-0.15, -0.1) is 0 Å². The number of benzene rings is 4. The number of hydrogen-bond donors (Lipinski definition) is 1. The van der Waals surface area contributed by atoms with Gasteiger partial charge in [-0.2, -0.15) is 5.10 Å². The van der Waals surface area contributed by atoms with Crippen LogP contribution in [-0.2, 0) is 11.4 Å². The van der Waals surface area contributed by atoms with Crippen molar-refractivity contribution in [2.45, 2.75) is 19.6 Å². The fraction of sp³-hybridized carbons (Fsp3) is 0.103. The van der Waals surface area contributed by atoms with Crippen LogP contribution < -0.4 is 14.9 Å². The van der Waals surface area contributed by atoms with E-state index in [-0.39, 0.29) is 5.91 Å². The molecule has 0 bridgehead atoms. The molecule has 0 radical (unpaired) electrons. The number of carbonyl (C=O) groups is 1. The zero-order chi connectivity index (χ0) is 24.5. The molecule has 0 fully saturated rings. The average molecular weight is 485 g/mol. The van der Waals surface area contributed by atoms with Gasteiger partial charge in [0.2, 0.25) is 0 Å². The van der Waals surface area contributed by atoms with Crippen molar-refractivity contribution >= 4 is 23.7 Å². The Kier molecular flexibility index (Phi) is 8.15. The second kappa shape index (κ2) is 11.9. The van der Waals surface area contributed by atoms with E-state index in [1.807, 2.05) is 103 Å². The molecule has 0 saturated carbocycles. The van der Waals surface area contributed by atoms with Crippen molar-refractivity contribution in [3.63, 3.8) is 0 Å². The summed E-state index contributed by atoms with van der Waals surface area (Å²) in [7, 11) is 0. The van der Waals surface area contributed by atoms with Gasteiger partial charge < -0.3 is 9.47 Å².